The van der Waals surface area contributed by atoms with Crippen LogP contribution in [0.15, 0.2) is 40.6 Å². The van der Waals surface area contributed by atoms with Crippen molar-refractivity contribution in [2.24, 2.45) is 0 Å². The smallest absolute Gasteiger partial charge is 0.224 e. The Morgan fingerprint density at radius 1 is 1.11 bits per heavy atom. The zero-order chi connectivity index (χ0) is 20.5. The molecule has 1 aromatic heterocycles. The van der Waals surface area contributed by atoms with Gasteiger partial charge in [0.1, 0.15) is 5.78 Å². The number of hydrogen-bond acceptors (Lipinski definition) is 5. The molecule has 0 saturated heterocycles. The van der Waals surface area contributed by atoms with Crippen LogP contribution in [0.2, 0.25) is 0 Å². The molecule has 2 aromatic rings. The monoisotopic (exact) mass is 417 g/mol. The minimum atomic E-state index is -0.177. The summed E-state index contributed by atoms with van der Waals surface area (Å²) in [6, 6.07) is 9.59. The third-order valence-corrected chi connectivity index (χ3v) is 6.61. The van der Waals surface area contributed by atoms with E-state index in [0.717, 1.165) is 17.7 Å². The molecule has 0 spiro atoms. The Hall–Kier alpha value is -1.92. The summed E-state index contributed by atoms with van der Waals surface area (Å²) in [6.07, 6.45) is 1.79. The summed E-state index contributed by atoms with van der Waals surface area (Å²) in [6.45, 7) is 6.33. The number of carbonyl (C=O) groups excluding carboxylic acids is 3. The zero-order valence-corrected chi connectivity index (χ0v) is 18.3. The molecule has 0 saturated carbocycles. The number of thiophene rings is 1. The van der Waals surface area contributed by atoms with Gasteiger partial charge in [-0.2, -0.15) is 0 Å². The molecule has 6 heteroatoms. The van der Waals surface area contributed by atoms with Gasteiger partial charge in [-0.05, 0) is 48.6 Å². The first-order chi connectivity index (χ1) is 13.4. The number of anilines is 1. The van der Waals surface area contributed by atoms with E-state index >= 15 is 0 Å². The molecule has 1 aromatic carbocycles. The van der Waals surface area contributed by atoms with Crippen LogP contribution in [0.5, 0.6) is 0 Å². The van der Waals surface area contributed by atoms with Gasteiger partial charge in [0.05, 0.1) is 4.88 Å². The summed E-state index contributed by atoms with van der Waals surface area (Å²) >= 11 is 3.20. The van der Waals surface area contributed by atoms with Gasteiger partial charge < -0.3 is 5.32 Å². The first-order valence-electron chi connectivity index (χ1n) is 9.54. The molecule has 150 valence electrons. The third-order valence-electron chi connectivity index (χ3n) is 4.44. The van der Waals surface area contributed by atoms with Crippen molar-refractivity contribution >= 4 is 46.3 Å². The Bertz CT molecular complexity index is 815. The molecule has 1 heterocycles. The van der Waals surface area contributed by atoms with E-state index in [-0.39, 0.29) is 43.2 Å². The van der Waals surface area contributed by atoms with E-state index in [9.17, 15) is 14.4 Å². The molecular weight excluding hydrogens is 390 g/mol. The van der Waals surface area contributed by atoms with Gasteiger partial charge in [0.15, 0.2) is 5.78 Å². The number of hydrogen-bond donors (Lipinski definition) is 1. The maximum atomic E-state index is 12.2. The summed E-state index contributed by atoms with van der Waals surface area (Å²) in [5, 5.41) is 5.28. The Morgan fingerprint density at radius 3 is 2.50 bits per heavy atom. The second-order valence-corrected chi connectivity index (χ2v) is 9.26. The molecule has 1 amide bonds. The SMILES string of the molecule is CCC(C)Sc1ccc(NC(=O)CCC(=O)CCC(=O)c2cccs2)c(C)c1. The summed E-state index contributed by atoms with van der Waals surface area (Å²) in [5.41, 5.74) is 1.79. The van der Waals surface area contributed by atoms with Crippen LogP contribution in [-0.2, 0) is 9.59 Å². The second-order valence-electron chi connectivity index (χ2n) is 6.80. The Kier molecular flexibility index (Phi) is 8.93. The number of benzene rings is 1. The van der Waals surface area contributed by atoms with E-state index < -0.39 is 0 Å². The van der Waals surface area contributed by atoms with Gasteiger partial charge in [0, 0.05) is 41.5 Å². The molecule has 0 aliphatic rings. The van der Waals surface area contributed by atoms with Crippen LogP contribution in [0.4, 0.5) is 5.69 Å². The number of rotatable bonds is 11. The van der Waals surface area contributed by atoms with Crippen molar-refractivity contribution in [1.29, 1.82) is 0 Å². The van der Waals surface area contributed by atoms with Crippen LogP contribution in [-0.4, -0.2) is 22.7 Å². The van der Waals surface area contributed by atoms with Crippen LogP contribution in [0.25, 0.3) is 0 Å². The zero-order valence-electron chi connectivity index (χ0n) is 16.6. The van der Waals surface area contributed by atoms with E-state index in [2.05, 4.69) is 25.2 Å². The number of aryl methyl sites for hydroxylation is 1. The van der Waals surface area contributed by atoms with Crippen molar-refractivity contribution in [3.8, 4) is 0 Å². The molecule has 0 radical (unpaired) electrons. The standard InChI is InChI=1S/C22H27NO3S2/c1-4-16(3)28-18-9-10-19(15(2)14-18)23-22(26)12-8-17(24)7-11-20(25)21-6-5-13-27-21/h5-6,9-10,13-14,16H,4,7-8,11-12H2,1-3H3,(H,23,26). The van der Waals surface area contributed by atoms with Crippen LogP contribution in [0.3, 0.4) is 0 Å². The maximum Gasteiger partial charge on any atom is 0.224 e. The highest BCUT2D eigenvalue weighted by Gasteiger charge is 2.13. The topological polar surface area (TPSA) is 63.2 Å². The van der Waals surface area contributed by atoms with Gasteiger partial charge >= 0.3 is 0 Å². The highest BCUT2D eigenvalue weighted by Crippen LogP contribution is 2.28. The fourth-order valence-electron chi connectivity index (χ4n) is 2.57. The highest BCUT2D eigenvalue weighted by molar-refractivity contribution is 7.99. The van der Waals surface area contributed by atoms with Gasteiger partial charge in [-0.25, -0.2) is 0 Å². The fourth-order valence-corrected chi connectivity index (χ4v) is 4.29. The minimum absolute atomic E-state index is 0.0150. The van der Waals surface area contributed by atoms with Crippen molar-refractivity contribution in [3.05, 3.63) is 46.2 Å². The number of carbonyl (C=O) groups is 3. The van der Waals surface area contributed by atoms with Gasteiger partial charge in [-0.3, -0.25) is 14.4 Å². The fraction of sp³-hybridized carbons (Fsp3) is 0.409. The summed E-state index contributed by atoms with van der Waals surface area (Å²) < 4.78 is 0. The van der Waals surface area contributed by atoms with Crippen LogP contribution in [0, 0.1) is 6.92 Å². The lowest BCUT2D eigenvalue weighted by molar-refractivity contribution is -0.122. The normalized spacial score (nSPS) is 11.8. The quantitative estimate of drug-likeness (QED) is 0.365. The lowest BCUT2D eigenvalue weighted by atomic mass is 10.1. The van der Waals surface area contributed by atoms with E-state index in [1.165, 1.54) is 16.2 Å². The average molecular weight is 418 g/mol. The predicted octanol–water partition coefficient (Wildman–Crippen LogP) is 5.90. The van der Waals surface area contributed by atoms with Gasteiger partial charge in [0.25, 0.3) is 0 Å². The van der Waals surface area contributed by atoms with E-state index in [4.69, 9.17) is 0 Å². The van der Waals surface area contributed by atoms with E-state index in [0.29, 0.717) is 10.1 Å². The number of amides is 1. The van der Waals surface area contributed by atoms with E-state index in [1.54, 1.807) is 6.07 Å². The van der Waals surface area contributed by atoms with Crippen LogP contribution in [0.1, 0.15) is 61.2 Å². The maximum absolute atomic E-state index is 12.2. The molecule has 1 atom stereocenters. The van der Waals surface area contributed by atoms with Crippen molar-refractivity contribution in [1.82, 2.24) is 0 Å². The van der Waals surface area contributed by atoms with Crippen molar-refractivity contribution < 1.29 is 14.4 Å². The molecule has 2 rings (SSSR count). The van der Waals surface area contributed by atoms with Crippen molar-refractivity contribution in [2.45, 2.75) is 63.0 Å². The minimum Gasteiger partial charge on any atom is -0.326 e. The molecule has 1 unspecified atom stereocenters. The van der Waals surface area contributed by atoms with Crippen LogP contribution >= 0.6 is 23.1 Å². The summed E-state index contributed by atoms with van der Waals surface area (Å²) in [5.74, 6) is -0.251. The van der Waals surface area contributed by atoms with Gasteiger partial charge in [-0.1, -0.05) is 19.9 Å². The van der Waals surface area contributed by atoms with Crippen molar-refractivity contribution in [2.75, 3.05) is 5.32 Å². The van der Waals surface area contributed by atoms with Gasteiger partial charge in [0.2, 0.25) is 5.91 Å². The largest absolute Gasteiger partial charge is 0.326 e. The molecule has 0 bridgehead atoms. The molecule has 0 aliphatic heterocycles. The number of nitrogens with one attached hydrogen (secondary N) is 1. The molecule has 28 heavy (non-hydrogen) atoms. The Morgan fingerprint density at radius 2 is 1.86 bits per heavy atom. The van der Waals surface area contributed by atoms with Crippen LogP contribution < -0.4 is 5.32 Å². The third kappa shape index (κ3) is 7.24. The first-order valence-corrected chi connectivity index (χ1v) is 11.3. The predicted molar refractivity (Wildman–Crippen MR) is 118 cm³/mol. The molecule has 0 fully saturated rings. The molecular formula is C22H27NO3S2. The molecule has 1 N–H and O–H groups in total. The van der Waals surface area contributed by atoms with Gasteiger partial charge in [-0.15, -0.1) is 23.1 Å². The molecule has 0 aliphatic carbocycles. The van der Waals surface area contributed by atoms with E-state index in [1.807, 2.05) is 42.3 Å². The second kappa shape index (κ2) is 11.2. The molecule has 4 nitrogen and oxygen atoms in total. The lowest BCUT2D eigenvalue weighted by Gasteiger charge is -2.12. The highest BCUT2D eigenvalue weighted by atomic mass is 32.2. The number of thioether (sulfide) groups is 1. The number of ketones is 2. The first kappa shape index (κ1) is 22.4. The average Bonchev–Trinajstić information content (AvgIpc) is 3.21. The summed E-state index contributed by atoms with van der Waals surface area (Å²) in [7, 11) is 0. The Labute approximate surface area is 175 Å². The lowest BCUT2D eigenvalue weighted by Crippen LogP contribution is -2.14. The van der Waals surface area contributed by atoms with Crippen molar-refractivity contribution in [3.63, 3.8) is 0 Å². The number of Topliss-reactive ketones (excluding diaryl/α,β-unsaturated/α-hetero) is 2. The Balaban J connectivity index is 1.75. The summed E-state index contributed by atoms with van der Waals surface area (Å²) in [4.78, 5) is 37.9.